The van der Waals surface area contributed by atoms with E-state index in [-0.39, 0.29) is 0 Å². The van der Waals surface area contributed by atoms with Crippen LogP contribution in [0.5, 0.6) is 0 Å². The molecule has 0 aliphatic heterocycles. The maximum atomic E-state index is 6.40. The Morgan fingerprint density at radius 3 is 1.84 bits per heavy atom. The van der Waals surface area contributed by atoms with Crippen LogP contribution in [-0.2, 0) is 0 Å². The van der Waals surface area contributed by atoms with Gasteiger partial charge in [0.05, 0.1) is 11.0 Å². The Morgan fingerprint density at radius 2 is 1.09 bits per heavy atom. The quantitative estimate of drug-likeness (QED) is 0.174. The van der Waals surface area contributed by atoms with Crippen LogP contribution < -0.4 is 0 Å². The molecule has 0 bridgehead atoms. The molecule has 12 aromatic rings. The minimum atomic E-state index is 0.573. The van der Waals surface area contributed by atoms with Crippen LogP contribution in [-0.4, -0.2) is 29.5 Å². The van der Waals surface area contributed by atoms with Gasteiger partial charge in [0.1, 0.15) is 16.8 Å². The number of aromatic nitrogens is 6. The third-order valence-corrected chi connectivity index (χ3v) is 11.8. The van der Waals surface area contributed by atoms with Gasteiger partial charge >= 0.3 is 0 Å². The number of fused-ring (bicyclic) bond motifs is 9. The second-order valence-electron chi connectivity index (χ2n) is 14.0. The third kappa shape index (κ3) is 5.01. The first kappa shape index (κ1) is 31.8. The van der Waals surface area contributed by atoms with Crippen molar-refractivity contribution in [2.75, 3.05) is 0 Å². The van der Waals surface area contributed by atoms with Crippen LogP contribution in [0.2, 0.25) is 0 Å². The Labute approximate surface area is 329 Å². The summed E-state index contributed by atoms with van der Waals surface area (Å²) in [5.74, 6) is 2.45. The van der Waals surface area contributed by atoms with E-state index in [0.717, 1.165) is 86.4 Å². The number of hydrogen-bond donors (Lipinski definition) is 0. The Balaban J connectivity index is 1.06. The molecule has 0 aliphatic rings. The minimum Gasteiger partial charge on any atom is -0.452 e. The van der Waals surface area contributed by atoms with Crippen molar-refractivity contribution in [2.24, 2.45) is 0 Å². The van der Waals surface area contributed by atoms with Crippen molar-refractivity contribution in [1.82, 2.24) is 29.5 Å². The second kappa shape index (κ2) is 12.5. The summed E-state index contributed by atoms with van der Waals surface area (Å²) in [6, 6.07) is 58.1. The monoisotopic (exact) mass is 748 g/mol. The van der Waals surface area contributed by atoms with Gasteiger partial charge in [0, 0.05) is 58.6 Å². The highest BCUT2D eigenvalue weighted by Crippen LogP contribution is 2.43. The van der Waals surface area contributed by atoms with E-state index < -0.39 is 0 Å². The molecule has 5 heterocycles. The average molecular weight is 749 g/mol. The standard InChI is InChI=1S/C49H28N6OS/c1-3-14-29(15-4-1)43-45-44(34-20-9-12-24-39(34)56-45)51-48(50-43)36-21-13-25-40-42(36)35-27-26-31(28-41(35)57-40)47-52-46(30-16-5-2-6-17-30)53-49(54-47)55-37-22-10-7-18-32(37)33-19-8-11-23-38(33)55/h1-28H. The van der Waals surface area contributed by atoms with Crippen LogP contribution in [0.3, 0.4) is 0 Å². The van der Waals surface area contributed by atoms with Gasteiger partial charge in [-0.15, -0.1) is 11.3 Å². The van der Waals surface area contributed by atoms with E-state index in [4.69, 9.17) is 29.3 Å². The predicted octanol–water partition coefficient (Wildman–Crippen LogP) is 12.7. The maximum Gasteiger partial charge on any atom is 0.238 e. The third-order valence-electron chi connectivity index (χ3n) is 10.7. The summed E-state index contributed by atoms with van der Waals surface area (Å²) in [4.78, 5) is 25.8. The van der Waals surface area contributed by atoms with Gasteiger partial charge in [0.15, 0.2) is 23.1 Å². The highest BCUT2D eigenvalue weighted by atomic mass is 32.1. The van der Waals surface area contributed by atoms with Gasteiger partial charge in [-0.25, -0.2) is 15.0 Å². The first-order valence-corrected chi connectivity index (χ1v) is 19.6. The van der Waals surface area contributed by atoms with Crippen molar-refractivity contribution >= 4 is 75.4 Å². The van der Waals surface area contributed by atoms with E-state index in [1.807, 2.05) is 66.7 Å². The first-order chi connectivity index (χ1) is 28.2. The molecular formula is C49H28N6OS. The molecule has 266 valence electrons. The lowest BCUT2D eigenvalue weighted by Gasteiger charge is -2.11. The fourth-order valence-corrected chi connectivity index (χ4v) is 9.27. The van der Waals surface area contributed by atoms with Crippen molar-refractivity contribution in [3.8, 4) is 51.4 Å². The highest BCUT2D eigenvalue weighted by Gasteiger charge is 2.22. The molecule has 0 saturated carbocycles. The largest absolute Gasteiger partial charge is 0.452 e. The number of nitrogens with zero attached hydrogens (tertiary/aromatic N) is 6. The number of thiophene rings is 1. The van der Waals surface area contributed by atoms with E-state index in [2.05, 4.69) is 108 Å². The van der Waals surface area contributed by atoms with E-state index in [1.54, 1.807) is 11.3 Å². The smallest absolute Gasteiger partial charge is 0.238 e. The summed E-state index contributed by atoms with van der Waals surface area (Å²) in [5, 5.41) is 5.50. The van der Waals surface area contributed by atoms with Crippen molar-refractivity contribution < 1.29 is 4.42 Å². The topological polar surface area (TPSA) is 82.5 Å². The Kier molecular flexibility index (Phi) is 6.96. The molecular weight excluding hydrogens is 721 g/mol. The Morgan fingerprint density at radius 1 is 0.439 bits per heavy atom. The predicted molar refractivity (Wildman–Crippen MR) is 232 cm³/mol. The summed E-state index contributed by atoms with van der Waals surface area (Å²) in [6.45, 7) is 0. The normalized spacial score (nSPS) is 11.9. The molecule has 7 nitrogen and oxygen atoms in total. The first-order valence-electron chi connectivity index (χ1n) is 18.8. The second-order valence-corrected chi connectivity index (χ2v) is 15.1. The fourth-order valence-electron chi connectivity index (χ4n) is 8.10. The molecule has 7 aromatic carbocycles. The average Bonchev–Trinajstić information content (AvgIpc) is 3.96. The molecule has 0 saturated heterocycles. The number of para-hydroxylation sites is 3. The number of rotatable bonds is 5. The van der Waals surface area contributed by atoms with E-state index in [0.29, 0.717) is 29.0 Å². The van der Waals surface area contributed by atoms with Gasteiger partial charge in [-0.1, -0.05) is 133 Å². The lowest BCUT2D eigenvalue weighted by molar-refractivity contribution is 0.667. The molecule has 5 aromatic heterocycles. The van der Waals surface area contributed by atoms with Gasteiger partial charge in [0.2, 0.25) is 5.95 Å². The van der Waals surface area contributed by atoms with Crippen LogP contribution in [0.25, 0.3) is 115 Å². The lowest BCUT2D eigenvalue weighted by Crippen LogP contribution is -2.06. The minimum absolute atomic E-state index is 0.573. The van der Waals surface area contributed by atoms with E-state index in [9.17, 15) is 0 Å². The van der Waals surface area contributed by atoms with Gasteiger partial charge < -0.3 is 4.42 Å². The van der Waals surface area contributed by atoms with Crippen LogP contribution in [0.1, 0.15) is 0 Å². The van der Waals surface area contributed by atoms with Gasteiger partial charge in [0.25, 0.3) is 0 Å². The van der Waals surface area contributed by atoms with Gasteiger partial charge in [-0.3, -0.25) is 4.57 Å². The van der Waals surface area contributed by atoms with Crippen molar-refractivity contribution in [1.29, 1.82) is 0 Å². The van der Waals surface area contributed by atoms with Crippen LogP contribution >= 0.6 is 11.3 Å². The molecule has 0 aliphatic carbocycles. The summed E-state index contributed by atoms with van der Waals surface area (Å²) < 4.78 is 10.8. The fraction of sp³-hybridized carbons (Fsp3) is 0. The maximum absolute atomic E-state index is 6.40. The summed E-state index contributed by atoms with van der Waals surface area (Å²) in [6.07, 6.45) is 0. The SMILES string of the molecule is c1ccc(-c2nc(-c3ccc4c(c3)sc3cccc(-c5nc(-c6ccccc6)c6oc7ccccc7c6n5)c34)nc(-n3c4ccccc4c4ccccc43)n2)cc1. The summed E-state index contributed by atoms with van der Waals surface area (Å²) in [5.41, 5.74) is 8.91. The molecule has 0 N–H and O–H groups in total. The molecule has 0 unspecified atom stereocenters. The van der Waals surface area contributed by atoms with Crippen molar-refractivity contribution in [2.45, 2.75) is 0 Å². The molecule has 8 heteroatoms. The summed E-state index contributed by atoms with van der Waals surface area (Å²) >= 11 is 1.74. The molecule has 0 fully saturated rings. The van der Waals surface area contributed by atoms with Crippen molar-refractivity contribution in [3.63, 3.8) is 0 Å². The molecule has 12 rings (SSSR count). The van der Waals surface area contributed by atoms with E-state index in [1.165, 1.54) is 0 Å². The molecule has 0 atom stereocenters. The number of hydrogen-bond acceptors (Lipinski definition) is 7. The van der Waals surface area contributed by atoms with Gasteiger partial charge in [-0.2, -0.15) is 9.97 Å². The Hall–Kier alpha value is -7.55. The zero-order valence-electron chi connectivity index (χ0n) is 30.2. The molecule has 0 spiro atoms. The Bertz CT molecular complexity index is 3480. The van der Waals surface area contributed by atoms with E-state index >= 15 is 0 Å². The number of benzene rings is 7. The lowest BCUT2D eigenvalue weighted by atomic mass is 10.0. The van der Waals surface area contributed by atoms with Gasteiger partial charge in [-0.05, 0) is 36.4 Å². The molecule has 0 radical (unpaired) electrons. The van der Waals surface area contributed by atoms with Crippen LogP contribution in [0.4, 0.5) is 0 Å². The van der Waals surface area contributed by atoms with Crippen LogP contribution in [0, 0.1) is 0 Å². The summed E-state index contributed by atoms with van der Waals surface area (Å²) in [7, 11) is 0. The van der Waals surface area contributed by atoms with Crippen molar-refractivity contribution in [3.05, 3.63) is 170 Å². The zero-order valence-corrected chi connectivity index (χ0v) is 31.0. The van der Waals surface area contributed by atoms with Crippen LogP contribution in [0.15, 0.2) is 174 Å². The number of furan rings is 1. The highest BCUT2D eigenvalue weighted by molar-refractivity contribution is 7.26. The zero-order chi connectivity index (χ0) is 37.5. The molecule has 57 heavy (non-hydrogen) atoms. The molecule has 0 amide bonds.